The normalized spacial score (nSPS) is 12.2. The van der Waals surface area contributed by atoms with Gasteiger partial charge in [-0.25, -0.2) is 9.97 Å². The highest BCUT2D eigenvalue weighted by atomic mass is 32.1. The predicted molar refractivity (Wildman–Crippen MR) is 121 cm³/mol. The molecule has 0 radical (unpaired) electrons. The molecule has 1 aromatic carbocycles. The largest absolute Gasteiger partial charge is 0.356 e. The first-order chi connectivity index (χ1) is 13.9. The number of H-pyrrole nitrogens is 1. The molecule has 0 fully saturated rings. The van der Waals surface area contributed by atoms with Crippen LogP contribution in [0.2, 0.25) is 0 Å². The topological polar surface area (TPSA) is 69.2 Å². The van der Waals surface area contributed by atoms with Crippen molar-refractivity contribution in [2.45, 2.75) is 39.2 Å². The standard InChI is InChI=1S/C22H30N6S/c1-22(2,3)18-15-29-20(27-18)11-12-24-21(23-4)28(5)14-19-25-13-17(26-19)16-9-7-6-8-10-16/h6-10,13,15H,11-12,14H2,1-5H3,(H,23,24)(H,25,26). The van der Waals surface area contributed by atoms with Crippen LogP contribution in [-0.2, 0) is 18.4 Å². The van der Waals surface area contributed by atoms with Gasteiger partial charge < -0.3 is 15.2 Å². The number of imidazole rings is 1. The molecule has 0 saturated carbocycles. The summed E-state index contributed by atoms with van der Waals surface area (Å²) in [6.45, 7) is 8.02. The lowest BCUT2D eigenvalue weighted by Crippen LogP contribution is -2.39. The van der Waals surface area contributed by atoms with E-state index >= 15 is 0 Å². The minimum atomic E-state index is 0.0973. The van der Waals surface area contributed by atoms with E-state index in [1.807, 2.05) is 31.4 Å². The summed E-state index contributed by atoms with van der Waals surface area (Å²) >= 11 is 1.73. The van der Waals surface area contributed by atoms with Gasteiger partial charge in [0.1, 0.15) is 5.82 Å². The molecule has 2 aromatic heterocycles. The first-order valence-corrected chi connectivity index (χ1v) is 10.7. The van der Waals surface area contributed by atoms with Gasteiger partial charge in [0.25, 0.3) is 0 Å². The molecule has 2 N–H and O–H groups in total. The third kappa shape index (κ3) is 5.67. The molecule has 6 nitrogen and oxygen atoms in total. The second-order valence-electron chi connectivity index (χ2n) is 8.07. The smallest absolute Gasteiger partial charge is 0.193 e. The summed E-state index contributed by atoms with van der Waals surface area (Å²) in [6, 6.07) is 10.2. The van der Waals surface area contributed by atoms with Gasteiger partial charge in [-0.1, -0.05) is 51.1 Å². The summed E-state index contributed by atoms with van der Waals surface area (Å²) in [5.74, 6) is 1.75. The van der Waals surface area contributed by atoms with Gasteiger partial charge in [-0.2, -0.15) is 0 Å². The monoisotopic (exact) mass is 410 g/mol. The molecule has 154 valence electrons. The highest BCUT2D eigenvalue weighted by Gasteiger charge is 2.17. The highest BCUT2D eigenvalue weighted by Crippen LogP contribution is 2.24. The number of rotatable bonds is 6. The Morgan fingerprint density at radius 2 is 2.00 bits per heavy atom. The van der Waals surface area contributed by atoms with Crippen molar-refractivity contribution >= 4 is 17.3 Å². The molecule has 0 bridgehead atoms. The predicted octanol–water partition coefficient (Wildman–Crippen LogP) is 4.08. The molecule has 0 aliphatic carbocycles. The lowest BCUT2D eigenvalue weighted by molar-refractivity contribution is 0.464. The van der Waals surface area contributed by atoms with Crippen LogP contribution in [0.3, 0.4) is 0 Å². The van der Waals surface area contributed by atoms with Crippen molar-refractivity contribution in [2.75, 3.05) is 20.6 Å². The molecule has 0 saturated heterocycles. The number of nitrogens with one attached hydrogen (secondary N) is 2. The van der Waals surface area contributed by atoms with Crippen molar-refractivity contribution < 1.29 is 0 Å². The molecule has 3 rings (SSSR count). The maximum absolute atomic E-state index is 4.76. The minimum Gasteiger partial charge on any atom is -0.356 e. The van der Waals surface area contributed by atoms with Crippen LogP contribution in [0.4, 0.5) is 0 Å². The molecule has 0 aliphatic rings. The minimum absolute atomic E-state index is 0.0973. The average molecular weight is 411 g/mol. The molecule has 0 atom stereocenters. The maximum Gasteiger partial charge on any atom is 0.193 e. The van der Waals surface area contributed by atoms with Gasteiger partial charge in [0.05, 0.1) is 29.1 Å². The SMILES string of the molecule is CN=C(NCCc1nc(C(C)(C)C)cs1)N(C)Cc1ncc(-c2ccccc2)[nH]1. The lowest BCUT2D eigenvalue weighted by Gasteiger charge is -2.21. The van der Waals surface area contributed by atoms with Crippen LogP contribution < -0.4 is 5.32 Å². The van der Waals surface area contributed by atoms with Crippen molar-refractivity contribution in [3.8, 4) is 11.3 Å². The zero-order chi connectivity index (χ0) is 20.9. The summed E-state index contributed by atoms with van der Waals surface area (Å²) < 4.78 is 0. The van der Waals surface area contributed by atoms with E-state index in [0.29, 0.717) is 6.54 Å². The fraction of sp³-hybridized carbons (Fsp3) is 0.409. The Morgan fingerprint density at radius 1 is 1.24 bits per heavy atom. The number of nitrogens with zero attached hydrogens (tertiary/aromatic N) is 4. The van der Waals surface area contributed by atoms with Crippen LogP contribution in [0, 0.1) is 0 Å². The van der Waals surface area contributed by atoms with Crippen LogP contribution in [-0.4, -0.2) is 46.5 Å². The Balaban J connectivity index is 1.52. The molecule has 29 heavy (non-hydrogen) atoms. The number of hydrogen-bond donors (Lipinski definition) is 2. The summed E-state index contributed by atoms with van der Waals surface area (Å²) in [5.41, 5.74) is 3.41. The number of aromatic nitrogens is 3. The van der Waals surface area contributed by atoms with Gasteiger partial charge in [-0.05, 0) is 5.56 Å². The van der Waals surface area contributed by atoms with Crippen molar-refractivity contribution in [3.05, 3.63) is 58.4 Å². The molecule has 0 aliphatic heterocycles. The summed E-state index contributed by atoms with van der Waals surface area (Å²) in [4.78, 5) is 19.1. The van der Waals surface area contributed by atoms with E-state index in [1.54, 1.807) is 18.4 Å². The fourth-order valence-electron chi connectivity index (χ4n) is 2.94. The van der Waals surface area contributed by atoms with E-state index in [4.69, 9.17) is 4.98 Å². The third-order valence-electron chi connectivity index (χ3n) is 4.62. The Kier molecular flexibility index (Phi) is 6.69. The van der Waals surface area contributed by atoms with E-state index in [9.17, 15) is 0 Å². The van der Waals surface area contributed by atoms with Crippen molar-refractivity contribution in [3.63, 3.8) is 0 Å². The van der Waals surface area contributed by atoms with Crippen molar-refractivity contribution in [1.29, 1.82) is 0 Å². The second-order valence-corrected chi connectivity index (χ2v) is 9.01. The first-order valence-electron chi connectivity index (χ1n) is 9.83. The van der Waals surface area contributed by atoms with Crippen LogP contribution in [0.1, 0.15) is 37.3 Å². The Morgan fingerprint density at radius 3 is 2.66 bits per heavy atom. The third-order valence-corrected chi connectivity index (χ3v) is 5.52. The fourth-order valence-corrected chi connectivity index (χ4v) is 3.97. The van der Waals surface area contributed by atoms with E-state index in [2.05, 4.69) is 63.5 Å². The van der Waals surface area contributed by atoms with Crippen LogP contribution in [0.25, 0.3) is 11.3 Å². The van der Waals surface area contributed by atoms with Crippen LogP contribution in [0.5, 0.6) is 0 Å². The van der Waals surface area contributed by atoms with Gasteiger partial charge >= 0.3 is 0 Å². The van der Waals surface area contributed by atoms with E-state index in [-0.39, 0.29) is 5.41 Å². The molecule has 0 unspecified atom stereocenters. The van der Waals surface area contributed by atoms with Gasteiger partial charge in [0.15, 0.2) is 5.96 Å². The number of aliphatic imine (C=N–C) groups is 1. The summed E-state index contributed by atoms with van der Waals surface area (Å²) in [5, 5.41) is 6.74. The number of hydrogen-bond acceptors (Lipinski definition) is 4. The molecular weight excluding hydrogens is 380 g/mol. The summed E-state index contributed by atoms with van der Waals surface area (Å²) in [7, 11) is 3.82. The van der Waals surface area contributed by atoms with Crippen molar-refractivity contribution in [1.82, 2.24) is 25.2 Å². The van der Waals surface area contributed by atoms with Crippen LogP contribution in [0.15, 0.2) is 46.9 Å². The zero-order valence-corrected chi connectivity index (χ0v) is 18.7. The Bertz CT molecular complexity index is 936. The van der Waals surface area contributed by atoms with Crippen molar-refractivity contribution in [2.24, 2.45) is 4.99 Å². The quantitative estimate of drug-likeness (QED) is 0.475. The molecule has 0 amide bonds. The number of thiazole rings is 1. The molecular formula is C22H30N6S. The molecule has 2 heterocycles. The first kappa shape index (κ1) is 21.0. The summed E-state index contributed by atoms with van der Waals surface area (Å²) in [6.07, 6.45) is 2.76. The Labute approximate surface area is 177 Å². The van der Waals surface area contributed by atoms with E-state index < -0.39 is 0 Å². The van der Waals surface area contributed by atoms with Gasteiger partial charge in [-0.3, -0.25) is 4.99 Å². The Hall–Kier alpha value is -2.67. The molecule has 0 spiro atoms. The van der Waals surface area contributed by atoms with E-state index in [1.165, 1.54) is 0 Å². The maximum atomic E-state index is 4.76. The van der Waals surface area contributed by atoms with Crippen LogP contribution >= 0.6 is 11.3 Å². The second kappa shape index (κ2) is 9.22. The lowest BCUT2D eigenvalue weighted by atomic mass is 9.93. The molecule has 7 heteroatoms. The van der Waals surface area contributed by atoms with Gasteiger partial charge in [0, 0.05) is 37.9 Å². The highest BCUT2D eigenvalue weighted by molar-refractivity contribution is 7.09. The number of aromatic amines is 1. The zero-order valence-electron chi connectivity index (χ0n) is 17.9. The number of guanidine groups is 1. The van der Waals surface area contributed by atoms with Gasteiger partial charge in [-0.15, -0.1) is 11.3 Å². The number of benzene rings is 1. The van der Waals surface area contributed by atoms with E-state index in [0.717, 1.165) is 46.7 Å². The molecule has 3 aromatic rings. The van der Waals surface area contributed by atoms with Gasteiger partial charge in [0.2, 0.25) is 0 Å². The average Bonchev–Trinajstić information content (AvgIpc) is 3.35.